The molecule has 0 atom stereocenters. The molecule has 4 heteroatoms. The summed E-state index contributed by atoms with van der Waals surface area (Å²) in [5.41, 5.74) is 1.20. The third-order valence-corrected chi connectivity index (χ3v) is 4.41. The maximum absolute atomic E-state index is 11.7. The molecule has 0 radical (unpaired) electrons. The molecular formula is C15H22ClNOS. The van der Waals surface area contributed by atoms with Gasteiger partial charge >= 0.3 is 0 Å². The van der Waals surface area contributed by atoms with Crippen LogP contribution in [0.25, 0.3) is 0 Å². The molecular weight excluding hydrogens is 278 g/mol. The van der Waals surface area contributed by atoms with Crippen molar-refractivity contribution in [1.82, 2.24) is 5.32 Å². The minimum atomic E-state index is 0.130. The van der Waals surface area contributed by atoms with Crippen LogP contribution >= 0.6 is 23.4 Å². The summed E-state index contributed by atoms with van der Waals surface area (Å²) in [4.78, 5) is 11.7. The summed E-state index contributed by atoms with van der Waals surface area (Å²) in [6.45, 7) is 5.12. The molecule has 0 bridgehead atoms. The van der Waals surface area contributed by atoms with Crippen LogP contribution in [0.5, 0.6) is 0 Å². The lowest BCUT2D eigenvalue weighted by molar-refractivity contribution is -0.118. The van der Waals surface area contributed by atoms with Crippen LogP contribution in [0.1, 0.15) is 32.3 Å². The van der Waals surface area contributed by atoms with Gasteiger partial charge in [0.2, 0.25) is 5.91 Å². The summed E-state index contributed by atoms with van der Waals surface area (Å²) in [5, 5.41) is 3.75. The topological polar surface area (TPSA) is 29.1 Å². The van der Waals surface area contributed by atoms with Gasteiger partial charge in [0.15, 0.2) is 0 Å². The van der Waals surface area contributed by atoms with E-state index in [2.05, 4.69) is 19.2 Å². The Bertz CT molecular complexity index is 376. The third kappa shape index (κ3) is 6.88. The first-order valence-corrected chi connectivity index (χ1v) is 8.27. The van der Waals surface area contributed by atoms with E-state index >= 15 is 0 Å². The fraction of sp³-hybridized carbons (Fsp3) is 0.533. The minimum Gasteiger partial charge on any atom is -0.355 e. The predicted octanol–water partition coefficient (Wildman–Crippen LogP) is 4.13. The quantitative estimate of drug-likeness (QED) is 0.782. The van der Waals surface area contributed by atoms with E-state index in [4.69, 9.17) is 11.6 Å². The Hall–Kier alpha value is -0.670. The number of hydrogen-bond donors (Lipinski definition) is 1. The molecule has 1 aromatic rings. The highest BCUT2D eigenvalue weighted by Gasteiger charge is 2.06. The maximum atomic E-state index is 11.7. The minimum absolute atomic E-state index is 0.130. The standard InChI is InChI=1S/C15H22ClNOS/c1-3-12(4-2)9-17-15(18)11-19-10-13-5-7-14(16)8-6-13/h5-8,12H,3-4,9-11H2,1-2H3,(H,17,18). The lowest BCUT2D eigenvalue weighted by Crippen LogP contribution is -2.30. The number of nitrogens with one attached hydrogen (secondary N) is 1. The molecule has 1 aromatic carbocycles. The molecule has 0 aliphatic carbocycles. The van der Waals surface area contributed by atoms with Gasteiger partial charge < -0.3 is 5.32 Å². The third-order valence-electron chi connectivity index (χ3n) is 3.16. The summed E-state index contributed by atoms with van der Waals surface area (Å²) < 4.78 is 0. The number of carbonyl (C=O) groups is 1. The van der Waals surface area contributed by atoms with Crippen molar-refractivity contribution in [2.75, 3.05) is 12.3 Å². The van der Waals surface area contributed by atoms with Gasteiger partial charge in [-0.25, -0.2) is 0 Å². The highest BCUT2D eigenvalue weighted by Crippen LogP contribution is 2.15. The number of hydrogen-bond acceptors (Lipinski definition) is 2. The Morgan fingerprint density at radius 2 is 1.89 bits per heavy atom. The Kier molecular flexibility index (Phi) is 7.99. The molecule has 1 amide bonds. The first-order valence-electron chi connectivity index (χ1n) is 6.74. The van der Waals surface area contributed by atoms with Gasteiger partial charge in [-0.1, -0.05) is 50.4 Å². The van der Waals surface area contributed by atoms with E-state index in [9.17, 15) is 4.79 Å². The Morgan fingerprint density at radius 3 is 2.47 bits per heavy atom. The summed E-state index contributed by atoms with van der Waals surface area (Å²) in [7, 11) is 0. The fourth-order valence-electron chi connectivity index (χ4n) is 1.73. The Labute approximate surface area is 125 Å². The number of thioether (sulfide) groups is 1. The van der Waals surface area contributed by atoms with Gasteiger partial charge in [-0.05, 0) is 23.6 Å². The zero-order valence-corrected chi connectivity index (χ0v) is 13.2. The van der Waals surface area contributed by atoms with Crippen LogP contribution in [-0.2, 0) is 10.5 Å². The van der Waals surface area contributed by atoms with Crippen molar-refractivity contribution in [2.45, 2.75) is 32.4 Å². The zero-order chi connectivity index (χ0) is 14.1. The second kappa shape index (κ2) is 9.27. The lowest BCUT2D eigenvalue weighted by atomic mass is 10.0. The van der Waals surface area contributed by atoms with Gasteiger partial charge in [-0.2, -0.15) is 0 Å². The number of rotatable bonds is 8. The predicted molar refractivity (Wildman–Crippen MR) is 84.7 cm³/mol. The molecule has 1 rings (SSSR count). The number of benzene rings is 1. The zero-order valence-electron chi connectivity index (χ0n) is 11.6. The van der Waals surface area contributed by atoms with E-state index in [0.717, 1.165) is 30.2 Å². The number of halogens is 1. The van der Waals surface area contributed by atoms with Crippen LogP contribution in [0.15, 0.2) is 24.3 Å². The molecule has 0 saturated heterocycles. The fourth-order valence-corrected chi connectivity index (χ4v) is 2.67. The Morgan fingerprint density at radius 1 is 1.26 bits per heavy atom. The summed E-state index contributed by atoms with van der Waals surface area (Å²) in [6.07, 6.45) is 2.24. The highest BCUT2D eigenvalue weighted by molar-refractivity contribution is 7.99. The van der Waals surface area contributed by atoms with Gasteiger partial charge in [-0.15, -0.1) is 11.8 Å². The van der Waals surface area contributed by atoms with Crippen LogP contribution in [0.2, 0.25) is 5.02 Å². The largest absolute Gasteiger partial charge is 0.355 e. The summed E-state index contributed by atoms with van der Waals surface area (Å²) >= 11 is 7.46. The van der Waals surface area contributed by atoms with Crippen LogP contribution in [0.3, 0.4) is 0 Å². The summed E-state index contributed by atoms with van der Waals surface area (Å²) in [6, 6.07) is 7.75. The van der Waals surface area contributed by atoms with E-state index < -0.39 is 0 Å². The molecule has 0 aromatic heterocycles. The molecule has 0 spiro atoms. The van der Waals surface area contributed by atoms with Crippen molar-refractivity contribution in [3.8, 4) is 0 Å². The Balaban J connectivity index is 2.18. The molecule has 1 N–H and O–H groups in total. The van der Waals surface area contributed by atoms with Gasteiger partial charge in [-0.3, -0.25) is 4.79 Å². The number of carbonyl (C=O) groups excluding carboxylic acids is 1. The molecule has 2 nitrogen and oxygen atoms in total. The van der Waals surface area contributed by atoms with Gasteiger partial charge in [0, 0.05) is 17.3 Å². The summed E-state index contributed by atoms with van der Waals surface area (Å²) in [5.74, 6) is 2.09. The van der Waals surface area contributed by atoms with Crippen LogP contribution in [-0.4, -0.2) is 18.2 Å². The molecule has 0 aliphatic heterocycles. The van der Waals surface area contributed by atoms with E-state index in [0.29, 0.717) is 11.7 Å². The maximum Gasteiger partial charge on any atom is 0.230 e. The SMILES string of the molecule is CCC(CC)CNC(=O)CSCc1ccc(Cl)cc1. The van der Waals surface area contributed by atoms with Gasteiger partial charge in [0.05, 0.1) is 5.75 Å². The van der Waals surface area contributed by atoms with Crippen molar-refractivity contribution in [1.29, 1.82) is 0 Å². The molecule has 0 aliphatic rings. The second-order valence-corrected chi connectivity index (χ2v) is 6.03. The van der Waals surface area contributed by atoms with E-state index in [1.165, 1.54) is 5.56 Å². The number of amides is 1. The normalized spacial score (nSPS) is 10.7. The molecule has 0 saturated carbocycles. The second-order valence-electron chi connectivity index (χ2n) is 4.61. The monoisotopic (exact) mass is 299 g/mol. The van der Waals surface area contributed by atoms with E-state index in [-0.39, 0.29) is 5.91 Å². The highest BCUT2D eigenvalue weighted by atomic mass is 35.5. The van der Waals surface area contributed by atoms with Crippen LogP contribution < -0.4 is 5.32 Å². The average Bonchev–Trinajstić information content (AvgIpc) is 2.42. The van der Waals surface area contributed by atoms with Crippen molar-refractivity contribution >= 4 is 29.3 Å². The van der Waals surface area contributed by atoms with Crippen molar-refractivity contribution < 1.29 is 4.79 Å². The molecule has 0 heterocycles. The molecule has 0 unspecified atom stereocenters. The van der Waals surface area contributed by atoms with Crippen molar-refractivity contribution in [2.24, 2.45) is 5.92 Å². The van der Waals surface area contributed by atoms with Crippen molar-refractivity contribution in [3.63, 3.8) is 0 Å². The van der Waals surface area contributed by atoms with Crippen molar-refractivity contribution in [3.05, 3.63) is 34.9 Å². The molecule has 19 heavy (non-hydrogen) atoms. The average molecular weight is 300 g/mol. The van der Waals surface area contributed by atoms with Crippen LogP contribution in [0.4, 0.5) is 0 Å². The smallest absolute Gasteiger partial charge is 0.230 e. The molecule has 0 fully saturated rings. The first kappa shape index (κ1) is 16.4. The van der Waals surface area contributed by atoms with E-state index in [1.807, 2.05) is 24.3 Å². The van der Waals surface area contributed by atoms with E-state index in [1.54, 1.807) is 11.8 Å². The first-order chi connectivity index (χ1) is 9.15. The van der Waals surface area contributed by atoms with Gasteiger partial charge in [0.25, 0.3) is 0 Å². The molecule has 106 valence electrons. The lowest BCUT2D eigenvalue weighted by Gasteiger charge is -2.13. The van der Waals surface area contributed by atoms with Gasteiger partial charge in [0.1, 0.15) is 0 Å². The van der Waals surface area contributed by atoms with Crippen LogP contribution in [0, 0.1) is 5.92 Å².